The van der Waals surface area contributed by atoms with Crippen LogP contribution < -0.4 is 0 Å². The Morgan fingerprint density at radius 3 is 2.75 bits per heavy atom. The molecular formula is C21H19N5O2. The normalized spacial score (nSPS) is 16.1. The number of rotatable bonds is 3. The quantitative estimate of drug-likeness (QED) is 0.542. The fourth-order valence-corrected chi connectivity index (χ4v) is 3.58. The minimum absolute atomic E-state index is 0.0507. The molecule has 140 valence electrons. The summed E-state index contributed by atoms with van der Waals surface area (Å²) in [7, 11) is 0. The van der Waals surface area contributed by atoms with Gasteiger partial charge in [0.1, 0.15) is 6.10 Å². The molecule has 1 aliphatic rings. The van der Waals surface area contributed by atoms with Crippen molar-refractivity contribution < 1.29 is 9.26 Å². The van der Waals surface area contributed by atoms with Crippen LogP contribution in [0.2, 0.25) is 0 Å². The molecule has 2 aromatic carbocycles. The van der Waals surface area contributed by atoms with Crippen LogP contribution in [-0.2, 0) is 17.9 Å². The minimum atomic E-state index is -0.0507. The van der Waals surface area contributed by atoms with E-state index in [1.54, 1.807) is 0 Å². The van der Waals surface area contributed by atoms with Gasteiger partial charge in [-0.2, -0.15) is 4.98 Å². The Morgan fingerprint density at radius 2 is 1.93 bits per heavy atom. The number of aryl methyl sites for hydroxylation is 2. The zero-order valence-corrected chi connectivity index (χ0v) is 15.7. The molecule has 1 atom stereocenters. The second-order valence-electron chi connectivity index (χ2n) is 7.02. The Morgan fingerprint density at radius 1 is 1.07 bits per heavy atom. The summed E-state index contributed by atoms with van der Waals surface area (Å²) in [5.41, 5.74) is 5.96. The van der Waals surface area contributed by atoms with E-state index in [9.17, 15) is 0 Å². The SMILES string of the molecule is Cc1ccc([C@H]2Cn3nnc(-c4nc(-c5ccccc5)no4)c3CO2)c(C)c1. The van der Waals surface area contributed by atoms with Gasteiger partial charge in [-0.15, -0.1) is 5.10 Å². The largest absolute Gasteiger partial charge is 0.365 e. The molecule has 7 nitrogen and oxygen atoms in total. The van der Waals surface area contributed by atoms with Gasteiger partial charge in [-0.25, -0.2) is 4.68 Å². The Labute approximate surface area is 162 Å². The fourth-order valence-electron chi connectivity index (χ4n) is 3.58. The van der Waals surface area contributed by atoms with Gasteiger partial charge in [0, 0.05) is 5.56 Å². The molecule has 1 aliphatic heterocycles. The highest BCUT2D eigenvalue weighted by Crippen LogP contribution is 2.32. The summed E-state index contributed by atoms with van der Waals surface area (Å²) < 4.78 is 13.4. The molecule has 3 heterocycles. The van der Waals surface area contributed by atoms with Crippen molar-refractivity contribution >= 4 is 0 Å². The first kappa shape index (κ1) is 16.8. The van der Waals surface area contributed by atoms with Crippen LogP contribution in [0.5, 0.6) is 0 Å². The zero-order valence-electron chi connectivity index (χ0n) is 15.7. The van der Waals surface area contributed by atoms with E-state index in [0.29, 0.717) is 30.6 Å². The van der Waals surface area contributed by atoms with E-state index in [0.717, 1.165) is 11.3 Å². The van der Waals surface area contributed by atoms with E-state index in [1.165, 1.54) is 16.7 Å². The van der Waals surface area contributed by atoms with Gasteiger partial charge < -0.3 is 9.26 Å². The van der Waals surface area contributed by atoms with E-state index >= 15 is 0 Å². The molecule has 5 rings (SSSR count). The Kier molecular flexibility index (Phi) is 4.02. The van der Waals surface area contributed by atoms with Crippen molar-refractivity contribution in [2.24, 2.45) is 0 Å². The van der Waals surface area contributed by atoms with E-state index < -0.39 is 0 Å². The Balaban J connectivity index is 1.43. The Bertz CT molecular complexity index is 1130. The summed E-state index contributed by atoms with van der Waals surface area (Å²) in [5, 5.41) is 12.6. The lowest BCUT2D eigenvalue weighted by atomic mass is 10.0. The molecule has 4 aromatic rings. The smallest absolute Gasteiger partial charge is 0.280 e. The molecule has 0 unspecified atom stereocenters. The number of benzene rings is 2. The second-order valence-corrected chi connectivity index (χ2v) is 7.02. The second kappa shape index (κ2) is 6.69. The molecule has 0 saturated carbocycles. The maximum Gasteiger partial charge on any atom is 0.280 e. The zero-order chi connectivity index (χ0) is 19.1. The van der Waals surface area contributed by atoms with Gasteiger partial charge in [-0.05, 0) is 25.0 Å². The lowest BCUT2D eigenvalue weighted by Gasteiger charge is -2.25. The summed E-state index contributed by atoms with van der Waals surface area (Å²) in [5.74, 6) is 0.885. The highest BCUT2D eigenvalue weighted by atomic mass is 16.5. The van der Waals surface area contributed by atoms with Crippen LogP contribution in [0.4, 0.5) is 0 Å². The van der Waals surface area contributed by atoms with Crippen LogP contribution >= 0.6 is 0 Å². The van der Waals surface area contributed by atoms with Crippen molar-refractivity contribution in [2.45, 2.75) is 33.1 Å². The first-order valence-corrected chi connectivity index (χ1v) is 9.19. The van der Waals surface area contributed by atoms with E-state index in [-0.39, 0.29) is 6.10 Å². The van der Waals surface area contributed by atoms with Crippen LogP contribution in [0.15, 0.2) is 53.1 Å². The highest BCUT2D eigenvalue weighted by molar-refractivity contribution is 5.58. The predicted molar refractivity (Wildman–Crippen MR) is 102 cm³/mol. The molecule has 0 amide bonds. The average molecular weight is 373 g/mol. The van der Waals surface area contributed by atoms with Gasteiger partial charge >= 0.3 is 0 Å². The highest BCUT2D eigenvalue weighted by Gasteiger charge is 2.28. The molecule has 0 fully saturated rings. The maximum absolute atomic E-state index is 6.13. The van der Waals surface area contributed by atoms with Crippen LogP contribution in [0.3, 0.4) is 0 Å². The average Bonchev–Trinajstić information content (AvgIpc) is 3.35. The summed E-state index contributed by atoms with van der Waals surface area (Å²) in [6.45, 7) is 5.20. The lowest BCUT2D eigenvalue weighted by Crippen LogP contribution is -2.22. The van der Waals surface area contributed by atoms with E-state index in [1.807, 2.05) is 35.0 Å². The molecule has 2 aromatic heterocycles. The van der Waals surface area contributed by atoms with Crippen molar-refractivity contribution in [2.75, 3.05) is 0 Å². The first-order valence-electron chi connectivity index (χ1n) is 9.19. The predicted octanol–water partition coefficient (Wildman–Crippen LogP) is 3.88. The Hall–Kier alpha value is -3.32. The van der Waals surface area contributed by atoms with Crippen molar-refractivity contribution in [1.82, 2.24) is 25.1 Å². The number of aromatic nitrogens is 5. The van der Waals surface area contributed by atoms with Gasteiger partial charge in [0.25, 0.3) is 5.89 Å². The van der Waals surface area contributed by atoms with Crippen LogP contribution in [0.25, 0.3) is 23.0 Å². The topological polar surface area (TPSA) is 78.9 Å². The van der Waals surface area contributed by atoms with Crippen molar-refractivity contribution in [3.8, 4) is 23.0 Å². The molecular weight excluding hydrogens is 354 g/mol. The third-order valence-electron chi connectivity index (χ3n) is 5.03. The maximum atomic E-state index is 6.13. The fraction of sp³-hybridized carbons (Fsp3) is 0.238. The summed E-state index contributed by atoms with van der Waals surface area (Å²) in [4.78, 5) is 4.48. The summed E-state index contributed by atoms with van der Waals surface area (Å²) in [6, 6.07) is 16.1. The lowest BCUT2D eigenvalue weighted by molar-refractivity contribution is -0.00153. The van der Waals surface area contributed by atoms with Gasteiger partial charge in [0.2, 0.25) is 5.82 Å². The molecule has 0 spiro atoms. The molecule has 0 radical (unpaired) electrons. The molecule has 0 aliphatic carbocycles. The van der Waals surface area contributed by atoms with Crippen molar-refractivity contribution in [3.05, 3.63) is 70.9 Å². The minimum Gasteiger partial charge on any atom is -0.365 e. The first-order chi connectivity index (χ1) is 13.7. The summed E-state index contributed by atoms with van der Waals surface area (Å²) in [6.07, 6.45) is -0.0507. The number of ether oxygens (including phenoxy) is 1. The van der Waals surface area contributed by atoms with Crippen LogP contribution in [-0.4, -0.2) is 25.1 Å². The molecule has 0 saturated heterocycles. The van der Waals surface area contributed by atoms with E-state index in [4.69, 9.17) is 9.26 Å². The summed E-state index contributed by atoms with van der Waals surface area (Å²) >= 11 is 0. The number of hydrogen-bond acceptors (Lipinski definition) is 6. The third kappa shape index (κ3) is 2.90. The standard InChI is InChI=1S/C21H19N5O2/c1-13-8-9-16(14(2)10-13)18-11-26-17(12-27-18)19(23-25-26)21-22-20(24-28-21)15-6-4-3-5-7-15/h3-10,18H,11-12H2,1-2H3/t18-/m1/s1. The van der Waals surface area contributed by atoms with Gasteiger partial charge in [-0.1, -0.05) is 64.5 Å². The molecule has 7 heteroatoms. The molecule has 0 bridgehead atoms. The van der Waals surface area contributed by atoms with Crippen LogP contribution in [0, 0.1) is 13.8 Å². The number of hydrogen-bond donors (Lipinski definition) is 0. The van der Waals surface area contributed by atoms with Crippen LogP contribution in [0.1, 0.15) is 28.5 Å². The number of nitrogens with zero attached hydrogens (tertiary/aromatic N) is 5. The van der Waals surface area contributed by atoms with Crippen molar-refractivity contribution in [1.29, 1.82) is 0 Å². The van der Waals surface area contributed by atoms with Gasteiger partial charge in [0.15, 0.2) is 5.69 Å². The van der Waals surface area contributed by atoms with Crippen molar-refractivity contribution in [3.63, 3.8) is 0 Å². The van der Waals surface area contributed by atoms with Gasteiger partial charge in [-0.3, -0.25) is 0 Å². The number of fused-ring (bicyclic) bond motifs is 1. The van der Waals surface area contributed by atoms with E-state index in [2.05, 4.69) is 52.5 Å². The van der Waals surface area contributed by atoms with Gasteiger partial charge in [0.05, 0.1) is 18.8 Å². The third-order valence-corrected chi connectivity index (χ3v) is 5.03. The molecule has 28 heavy (non-hydrogen) atoms. The monoisotopic (exact) mass is 373 g/mol. The molecule has 0 N–H and O–H groups in total.